The van der Waals surface area contributed by atoms with Gasteiger partial charge in [0.05, 0.1) is 10.8 Å². The van der Waals surface area contributed by atoms with Crippen molar-refractivity contribution in [1.29, 1.82) is 0 Å². The predicted molar refractivity (Wildman–Crippen MR) is 126 cm³/mol. The van der Waals surface area contributed by atoms with E-state index in [2.05, 4.69) is 0 Å². The van der Waals surface area contributed by atoms with Crippen LogP contribution in [0.15, 0.2) is 36.5 Å². The van der Waals surface area contributed by atoms with E-state index < -0.39 is 73.0 Å². The van der Waals surface area contributed by atoms with Crippen molar-refractivity contribution in [1.82, 2.24) is 9.29 Å². The number of hydrogen-bond donors (Lipinski definition) is 1. The van der Waals surface area contributed by atoms with Crippen LogP contribution in [-0.4, -0.2) is 24.4 Å². The molecule has 0 aliphatic heterocycles. The molecule has 1 fully saturated rings. The molecule has 4 rings (SSSR count). The van der Waals surface area contributed by atoms with E-state index in [4.69, 9.17) is 0 Å². The normalized spacial score (nSPS) is 16.3. The van der Waals surface area contributed by atoms with E-state index in [1.54, 1.807) is 25.5 Å². The SMILES string of the molecule is CC(C)(C)Cn1cc(C(NS(=O)(=O)C2CC2)C(F)(F)F)c2cc(F)c(-c3ccc(F)cc3C(F)(F)F)cc21. The average Bonchev–Trinajstić information content (AvgIpc) is 3.55. The molecule has 1 unspecified atom stereocenters. The fraction of sp³-hybridized carbons (Fsp3) is 0.440. The highest BCUT2D eigenvalue weighted by Crippen LogP contribution is 2.43. The highest BCUT2D eigenvalue weighted by Gasteiger charge is 2.48. The third-order valence-corrected chi connectivity index (χ3v) is 8.02. The van der Waals surface area contributed by atoms with Crippen molar-refractivity contribution >= 4 is 20.9 Å². The summed E-state index contributed by atoms with van der Waals surface area (Å²) in [7, 11) is -4.33. The van der Waals surface area contributed by atoms with Gasteiger partial charge in [-0.2, -0.15) is 31.1 Å². The molecule has 1 aliphatic rings. The molecule has 1 saturated carbocycles. The Balaban J connectivity index is 1.98. The summed E-state index contributed by atoms with van der Waals surface area (Å²) in [5.74, 6) is -2.48. The van der Waals surface area contributed by atoms with Gasteiger partial charge in [-0.3, -0.25) is 0 Å². The first-order valence-electron chi connectivity index (χ1n) is 11.6. The van der Waals surface area contributed by atoms with Gasteiger partial charge in [0, 0.05) is 34.8 Å². The van der Waals surface area contributed by atoms with Crippen LogP contribution in [0.1, 0.15) is 50.8 Å². The summed E-state index contributed by atoms with van der Waals surface area (Å²) in [6, 6.07) is 0.616. The fourth-order valence-corrected chi connectivity index (χ4v) is 5.89. The van der Waals surface area contributed by atoms with Gasteiger partial charge < -0.3 is 4.57 Å². The van der Waals surface area contributed by atoms with E-state index in [1.165, 1.54) is 4.57 Å². The zero-order valence-electron chi connectivity index (χ0n) is 20.4. The Morgan fingerprint density at radius 3 is 2.13 bits per heavy atom. The third kappa shape index (κ3) is 5.83. The van der Waals surface area contributed by atoms with E-state index in [9.17, 15) is 39.2 Å². The molecule has 0 amide bonds. The van der Waals surface area contributed by atoms with Crippen LogP contribution in [-0.2, 0) is 22.7 Å². The highest BCUT2D eigenvalue weighted by molar-refractivity contribution is 7.90. The van der Waals surface area contributed by atoms with Crippen LogP contribution in [0.4, 0.5) is 35.1 Å². The Morgan fingerprint density at radius 2 is 1.61 bits per heavy atom. The van der Waals surface area contributed by atoms with Gasteiger partial charge in [0.25, 0.3) is 0 Å². The summed E-state index contributed by atoms with van der Waals surface area (Å²) in [5.41, 5.74) is -3.89. The smallest absolute Gasteiger partial charge is 0.347 e. The molecule has 1 N–H and O–H groups in total. The molecule has 208 valence electrons. The van der Waals surface area contributed by atoms with E-state index in [0.29, 0.717) is 6.07 Å². The van der Waals surface area contributed by atoms with Crippen LogP contribution < -0.4 is 4.72 Å². The van der Waals surface area contributed by atoms with Gasteiger partial charge in [0.1, 0.15) is 17.7 Å². The lowest BCUT2D eigenvalue weighted by Crippen LogP contribution is -2.39. The molecule has 0 saturated heterocycles. The zero-order chi connectivity index (χ0) is 28.4. The van der Waals surface area contributed by atoms with E-state index >= 15 is 4.39 Å². The topological polar surface area (TPSA) is 51.1 Å². The van der Waals surface area contributed by atoms with Crippen LogP contribution >= 0.6 is 0 Å². The molecule has 4 nitrogen and oxygen atoms in total. The minimum absolute atomic E-state index is 0.0383. The van der Waals surface area contributed by atoms with Gasteiger partial charge in [0.15, 0.2) is 0 Å². The van der Waals surface area contributed by atoms with Crippen molar-refractivity contribution in [2.24, 2.45) is 5.41 Å². The second kappa shape index (κ2) is 9.22. The van der Waals surface area contributed by atoms with Gasteiger partial charge in [-0.25, -0.2) is 17.2 Å². The summed E-state index contributed by atoms with van der Waals surface area (Å²) in [5, 5.41) is -1.27. The fourth-order valence-electron chi connectivity index (χ4n) is 4.35. The number of halogens is 8. The second-order valence-electron chi connectivity index (χ2n) is 10.6. The van der Waals surface area contributed by atoms with Gasteiger partial charge >= 0.3 is 12.4 Å². The number of fused-ring (bicyclic) bond motifs is 1. The predicted octanol–water partition coefficient (Wildman–Crippen LogP) is 7.34. The summed E-state index contributed by atoms with van der Waals surface area (Å²) in [6.07, 6.45) is -8.67. The first-order chi connectivity index (χ1) is 17.3. The molecule has 13 heteroatoms. The number of aromatic nitrogens is 1. The molecule has 1 aromatic heterocycles. The van der Waals surface area contributed by atoms with Gasteiger partial charge in [-0.05, 0) is 48.1 Å². The number of sulfonamides is 1. The lowest BCUT2D eigenvalue weighted by atomic mass is 9.95. The Kier molecular flexibility index (Phi) is 6.87. The maximum absolute atomic E-state index is 15.3. The minimum Gasteiger partial charge on any atom is -0.347 e. The number of alkyl halides is 6. The van der Waals surface area contributed by atoms with Crippen molar-refractivity contribution in [3.05, 3.63) is 59.3 Å². The molecule has 0 spiro atoms. The van der Waals surface area contributed by atoms with E-state index in [0.717, 1.165) is 24.4 Å². The van der Waals surface area contributed by atoms with Gasteiger partial charge in [0.2, 0.25) is 10.0 Å². The number of rotatable bonds is 6. The standard InChI is InChI=1S/C25H24F8N2O2S/c1-23(2,3)12-35-11-18(22(25(31,32)33)34-38(36,37)14-5-6-14)17-9-20(27)16(10-21(17)35)15-7-4-13(26)8-19(15)24(28,29)30/h4,7-11,14,22,34H,5-6,12H2,1-3H3. The van der Waals surface area contributed by atoms with Crippen molar-refractivity contribution in [3.8, 4) is 11.1 Å². The quantitative estimate of drug-likeness (QED) is 0.317. The molecule has 0 bridgehead atoms. The van der Waals surface area contributed by atoms with Crippen LogP contribution in [0.3, 0.4) is 0 Å². The molecular formula is C25H24F8N2O2S. The van der Waals surface area contributed by atoms with Crippen molar-refractivity contribution in [2.75, 3.05) is 0 Å². The Bertz CT molecular complexity index is 1480. The van der Waals surface area contributed by atoms with E-state index in [1.807, 2.05) is 0 Å². The van der Waals surface area contributed by atoms with E-state index in [-0.39, 0.29) is 36.4 Å². The molecule has 2 aromatic carbocycles. The highest BCUT2D eigenvalue weighted by atomic mass is 32.2. The zero-order valence-corrected chi connectivity index (χ0v) is 21.3. The van der Waals surface area contributed by atoms with Crippen LogP contribution in [0, 0.1) is 17.0 Å². The molecule has 1 aliphatic carbocycles. The van der Waals surface area contributed by atoms with Gasteiger partial charge in [-0.15, -0.1) is 0 Å². The number of hydrogen-bond acceptors (Lipinski definition) is 2. The number of nitrogens with one attached hydrogen (secondary N) is 1. The molecule has 3 aromatic rings. The second-order valence-corrected chi connectivity index (χ2v) is 12.6. The third-order valence-electron chi connectivity index (χ3n) is 6.11. The largest absolute Gasteiger partial charge is 0.417 e. The summed E-state index contributed by atoms with van der Waals surface area (Å²) in [6.45, 7) is 5.37. The van der Waals surface area contributed by atoms with Gasteiger partial charge in [-0.1, -0.05) is 26.8 Å². The summed E-state index contributed by atoms with van der Waals surface area (Å²) in [4.78, 5) is 0. The maximum Gasteiger partial charge on any atom is 0.417 e. The Morgan fingerprint density at radius 1 is 0.974 bits per heavy atom. The summed E-state index contributed by atoms with van der Waals surface area (Å²) < 4.78 is 140. The average molecular weight is 569 g/mol. The summed E-state index contributed by atoms with van der Waals surface area (Å²) >= 11 is 0. The lowest BCUT2D eigenvalue weighted by Gasteiger charge is -2.22. The van der Waals surface area contributed by atoms with Crippen LogP contribution in [0.2, 0.25) is 0 Å². The molecule has 1 atom stereocenters. The van der Waals surface area contributed by atoms with Crippen molar-refractivity contribution in [2.45, 2.75) is 63.8 Å². The molecule has 1 heterocycles. The Hall–Kier alpha value is -2.67. The molecule has 0 radical (unpaired) electrons. The monoisotopic (exact) mass is 568 g/mol. The maximum atomic E-state index is 15.3. The van der Waals surface area contributed by atoms with Crippen molar-refractivity contribution < 1.29 is 43.5 Å². The first kappa shape index (κ1) is 28.3. The van der Waals surface area contributed by atoms with Crippen LogP contribution in [0.5, 0.6) is 0 Å². The number of nitrogens with zero attached hydrogens (tertiary/aromatic N) is 1. The molecular weight excluding hydrogens is 544 g/mol. The van der Waals surface area contributed by atoms with Crippen molar-refractivity contribution in [3.63, 3.8) is 0 Å². The first-order valence-corrected chi connectivity index (χ1v) is 13.1. The number of benzene rings is 2. The Labute approximate surface area is 213 Å². The lowest BCUT2D eigenvalue weighted by molar-refractivity contribution is -0.152. The molecule has 38 heavy (non-hydrogen) atoms. The van der Waals surface area contributed by atoms with Crippen LogP contribution in [0.25, 0.3) is 22.0 Å². The minimum atomic E-state index is -5.10.